The molecule has 6 nitrogen and oxygen atoms in total. The Morgan fingerprint density at radius 1 is 1.25 bits per heavy atom. The summed E-state index contributed by atoms with van der Waals surface area (Å²) in [5, 5.41) is 2.90. The molecule has 1 aliphatic rings. The fraction of sp³-hybridized carbons (Fsp3) is 0.556. The van der Waals surface area contributed by atoms with Crippen molar-refractivity contribution < 1.29 is 19.1 Å². The third kappa shape index (κ3) is 4.88. The average molecular weight is 334 g/mol. The third-order valence-corrected chi connectivity index (χ3v) is 3.81. The van der Waals surface area contributed by atoms with Crippen LogP contribution in [0.15, 0.2) is 24.3 Å². The summed E-state index contributed by atoms with van der Waals surface area (Å²) in [4.78, 5) is 26.2. The molecule has 24 heavy (non-hydrogen) atoms. The Bertz CT molecular complexity index is 578. The molecular weight excluding hydrogens is 308 g/mol. The van der Waals surface area contributed by atoms with E-state index in [-0.39, 0.29) is 5.91 Å². The van der Waals surface area contributed by atoms with Crippen molar-refractivity contribution in [3.8, 4) is 5.75 Å². The molecule has 2 rings (SSSR count). The molecule has 0 bridgehead atoms. The highest BCUT2D eigenvalue weighted by atomic mass is 16.6. The molecule has 1 N–H and O–H groups in total. The van der Waals surface area contributed by atoms with E-state index >= 15 is 0 Å². The first kappa shape index (κ1) is 18.1. The molecule has 1 unspecified atom stereocenters. The summed E-state index contributed by atoms with van der Waals surface area (Å²) in [7, 11) is 1.61. The quantitative estimate of drug-likeness (QED) is 0.919. The van der Waals surface area contributed by atoms with Crippen LogP contribution in [0.4, 0.5) is 4.79 Å². The maximum atomic E-state index is 12.4. The number of nitrogens with zero attached hydrogens (tertiary/aromatic N) is 1. The van der Waals surface area contributed by atoms with Gasteiger partial charge in [-0.05, 0) is 51.3 Å². The van der Waals surface area contributed by atoms with E-state index in [1.165, 1.54) is 4.90 Å². The van der Waals surface area contributed by atoms with E-state index < -0.39 is 17.7 Å². The molecular formula is C18H26N2O4. The summed E-state index contributed by atoms with van der Waals surface area (Å²) in [6, 6.07) is 7.05. The Labute approximate surface area is 143 Å². The Kier molecular flexibility index (Phi) is 5.70. The Hall–Kier alpha value is -2.24. The predicted octanol–water partition coefficient (Wildman–Crippen LogP) is 2.71. The minimum Gasteiger partial charge on any atom is -0.497 e. The maximum Gasteiger partial charge on any atom is 0.410 e. The van der Waals surface area contributed by atoms with Crippen molar-refractivity contribution in [3.05, 3.63) is 29.8 Å². The molecule has 0 spiro atoms. The summed E-state index contributed by atoms with van der Waals surface area (Å²) in [6.07, 6.45) is 1.04. The Morgan fingerprint density at radius 2 is 1.92 bits per heavy atom. The highest BCUT2D eigenvalue weighted by Gasteiger charge is 2.36. The fourth-order valence-electron chi connectivity index (χ4n) is 2.63. The Balaban J connectivity index is 1.91. The summed E-state index contributed by atoms with van der Waals surface area (Å²) >= 11 is 0. The third-order valence-electron chi connectivity index (χ3n) is 3.81. The second kappa shape index (κ2) is 7.55. The van der Waals surface area contributed by atoms with Gasteiger partial charge >= 0.3 is 6.09 Å². The number of carbonyl (C=O) groups is 2. The molecule has 0 aliphatic carbocycles. The smallest absolute Gasteiger partial charge is 0.410 e. The molecule has 0 aromatic heterocycles. The number of amides is 2. The van der Waals surface area contributed by atoms with E-state index in [4.69, 9.17) is 9.47 Å². The predicted molar refractivity (Wildman–Crippen MR) is 90.8 cm³/mol. The van der Waals surface area contributed by atoms with E-state index in [9.17, 15) is 9.59 Å². The Morgan fingerprint density at radius 3 is 2.50 bits per heavy atom. The van der Waals surface area contributed by atoms with E-state index in [1.54, 1.807) is 7.11 Å². The average Bonchev–Trinajstić information content (AvgIpc) is 3.01. The maximum absolute atomic E-state index is 12.4. The van der Waals surface area contributed by atoms with Gasteiger partial charge in [-0.25, -0.2) is 4.79 Å². The van der Waals surface area contributed by atoms with Gasteiger partial charge in [0, 0.05) is 13.1 Å². The lowest BCUT2D eigenvalue weighted by Gasteiger charge is -2.28. The lowest BCUT2D eigenvalue weighted by atomic mass is 10.2. The van der Waals surface area contributed by atoms with Gasteiger partial charge in [-0.2, -0.15) is 0 Å². The monoisotopic (exact) mass is 334 g/mol. The molecule has 0 radical (unpaired) electrons. The molecule has 132 valence electrons. The van der Waals surface area contributed by atoms with Gasteiger partial charge in [-0.15, -0.1) is 0 Å². The van der Waals surface area contributed by atoms with Gasteiger partial charge < -0.3 is 14.8 Å². The van der Waals surface area contributed by atoms with Crippen molar-refractivity contribution in [1.82, 2.24) is 10.2 Å². The zero-order chi connectivity index (χ0) is 17.7. The number of carbonyl (C=O) groups excluding carboxylic acids is 2. The lowest BCUT2D eigenvalue weighted by Crippen LogP contribution is -2.47. The van der Waals surface area contributed by atoms with Gasteiger partial charge in [0.1, 0.15) is 17.4 Å². The van der Waals surface area contributed by atoms with Crippen LogP contribution >= 0.6 is 0 Å². The molecule has 1 aliphatic heterocycles. The minimum atomic E-state index is -0.566. The van der Waals surface area contributed by atoms with Gasteiger partial charge in [-0.1, -0.05) is 12.1 Å². The molecule has 1 fully saturated rings. The van der Waals surface area contributed by atoms with Gasteiger partial charge in [0.25, 0.3) is 0 Å². The van der Waals surface area contributed by atoms with E-state index in [0.29, 0.717) is 19.5 Å². The van der Waals surface area contributed by atoms with Crippen molar-refractivity contribution in [2.75, 3.05) is 13.7 Å². The lowest BCUT2D eigenvalue weighted by molar-refractivity contribution is -0.125. The van der Waals surface area contributed by atoms with Crippen molar-refractivity contribution in [1.29, 1.82) is 0 Å². The number of nitrogens with one attached hydrogen (secondary N) is 1. The molecule has 1 heterocycles. The van der Waals surface area contributed by atoms with Crippen LogP contribution in [0.2, 0.25) is 0 Å². The molecule has 0 saturated carbocycles. The number of hydrogen-bond donors (Lipinski definition) is 1. The van der Waals surface area contributed by atoms with Gasteiger partial charge in [0.15, 0.2) is 0 Å². The first-order chi connectivity index (χ1) is 11.3. The zero-order valence-electron chi connectivity index (χ0n) is 14.8. The highest BCUT2D eigenvalue weighted by molar-refractivity contribution is 5.86. The molecule has 1 saturated heterocycles. The van der Waals surface area contributed by atoms with Crippen LogP contribution in [0.3, 0.4) is 0 Å². The summed E-state index contributed by atoms with van der Waals surface area (Å²) in [5.41, 5.74) is 0.412. The van der Waals surface area contributed by atoms with Crippen LogP contribution in [0.25, 0.3) is 0 Å². The SMILES string of the molecule is COc1ccc(CNC(=O)C2CCCN2C(=O)OC(C)(C)C)cc1. The number of rotatable bonds is 4. The van der Waals surface area contributed by atoms with Crippen molar-refractivity contribution in [3.63, 3.8) is 0 Å². The summed E-state index contributed by atoms with van der Waals surface area (Å²) < 4.78 is 10.5. The van der Waals surface area contributed by atoms with Gasteiger partial charge in [0.05, 0.1) is 7.11 Å². The number of benzene rings is 1. The number of likely N-dealkylation sites (tertiary alicyclic amines) is 1. The largest absolute Gasteiger partial charge is 0.497 e. The molecule has 6 heteroatoms. The van der Waals surface area contributed by atoms with Crippen LogP contribution in [0.5, 0.6) is 5.75 Å². The van der Waals surface area contributed by atoms with E-state index in [1.807, 2.05) is 45.0 Å². The molecule has 1 aromatic rings. The topological polar surface area (TPSA) is 67.9 Å². The van der Waals surface area contributed by atoms with Gasteiger partial charge in [-0.3, -0.25) is 9.69 Å². The van der Waals surface area contributed by atoms with Crippen LogP contribution < -0.4 is 10.1 Å². The summed E-state index contributed by atoms with van der Waals surface area (Å²) in [5.74, 6) is 0.631. The summed E-state index contributed by atoms with van der Waals surface area (Å²) in [6.45, 7) is 6.43. The number of hydrogen-bond acceptors (Lipinski definition) is 4. The van der Waals surface area contributed by atoms with Crippen molar-refractivity contribution >= 4 is 12.0 Å². The fourth-order valence-corrected chi connectivity index (χ4v) is 2.63. The second-order valence-electron chi connectivity index (χ2n) is 6.90. The van der Waals surface area contributed by atoms with Crippen LogP contribution in [-0.2, 0) is 16.1 Å². The number of methoxy groups -OCH3 is 1. The highest BCUT2D eigenvalue weighted by Crippen LogP contribution is 2.21. The van der Waals surface area contributed by atoms with Crippen molar-refractivity contribution in [2.24, 2.45) is 0 Å². The van der Waals surface area contributed by atoms with Crippen LogP contribution in [-0.4, -0.2) is 42.2 Å². The standard InChI is InChI=1S/C18H26N2O4/c1-18(2,3)24-17(22)20-11-5-6-15(20)16(21)19-12-13-7-9-14(23-4)10-8-13/h7-10,15H,5-6,11-12H2,1-4H3,(H,19,21). The second-order valence-corrected chi connectivity index (χ2v) is 6.90. The minimum absolute atomic E-state index is 0.144. The zero-order valence-corrected chi connectivity index (χ0v) is 14.8. The number of ether oxygens (including phenoxy) is 2. The van der Waals surface area contributed by atoms with E-state index in [2.05, 4.69) is 5.32 Å². The molecule has 1 atom stereocenters. The first-order valence-corrected chi connectivity index (χ1v) is 8.20. The molecule has 2 amide bonds. The van der Waals surface area contributed by atoms with Gasteiger partial charge in [0.2, 0.25) is 5.91 Å². The molecule has 1 aromatic carbocycles. The van der Waals surface area contributed by atoms with Crippen LogP contribution in [0.1, 0.15) is 39.2 Å². The normalized spacial score (nSPS) is 17.5. The first-order valence-electron chi connectivity index (χ1n) is 8.20. The van der Waals surface area contributed by atoms with Crippen molar-refractivity contribution in [2.45, 2.75) is 51.8 Å². The van der Waals surface area contributed by atoms with Crippen LogP contribution in [0, 0.1) is 0 Å². The van der Waals surface area contributed by atoms with E-state index in [0.717, 1.165) is 17.7 Å².